The van der Waals surface area contributed by atoms with Crippen LogP contribution in [-0.2, 0) is 28.5 Å². The van der Waals surface area contributed by atoms with Gasteiger partial charge in [0.2, 0.25) is 0 Å². The zero-order valence-electron chi connectivity index (χ0n) is 19.9. The second kappa shape index (κ2) is 17.2. The van der Waals surface area contributed by atoms with Crippen LogP contribution < -0.4 is 0 Å². The lowest BCUT2D eigenvalue weighted by Gasteiger charge is -2.07. The molecule has 0 aromatic heterocycles. The monoisotopic (exact) mass is 450 g/mol. The molecule has 1 fully saturated rings. The van der Waals surface area contributed by atoms with Crippen molar-refractivity contribution in [2.24, 2.45) is 17.8 Å². The van der Waals surface area contributed by atoms with Crippen molar-refractivity contribution in [3.8, 4) is 11.8 Å². The highest BCUT2D eigenvalue weighted by atomic mass is 16.6. The van der Waals surface area contributed by atoms with E-state index in [-0.39, 0.29) is 5.78 Å². The van der Waals surface area contributed by atoms with E-state index in [2.05, 4.69) is 11.8 Å². The minimum atomic E-state index is 0.223. The molecule has 0 aliphatic heterocycles. The summed E-state index contributed by atoms with van der Waals surface area (Å²) < 4.78 is 21.7. The third-order valence-electron chi connectivity index (χ3n) is 6.38. The number of carbonyl (C=O) groups is 2. The Balaban J connectivity index is 1.28. The van der Waals surface area contributed by atoms with Crippen molar-refractivity contribution in [1.82, 2.24) is 0 Å². The van der Waals surface area contributed by atoms with Crippen molar-refractivity contribution < 1.29 is 28.5 Å². The fourth-order valence-electron chi connectivity index (χ4n) is 4.41. The van der Waals surface area contributed by atoms with Gasteiger partial charge in [0.15, 0.2) is 0 Å². The van der Waals surface area contributed by atoms with E-state index in [0.717, 1.165) is 49.9 Å². The summed E-state index contributed by atoms with van der Waals surface area (Å²) in [6.45, 7) is 6.03. The number of Topliss-reactive ketones (excluding diaryl/α,β-unsaturated/α-hetero) is 2. The Morgan fingerprint density at radius 2 is 1.22 bits per heavy atom. The summed E-state index contributed by atoms with van der Waals surface area (Å²) in [5.74, 6) is 9.52. The minimum Gasteiger partial charge on any atom is -0.379 e. The first-order valence-electron chi connectivity index (χ1n) is 12.5. The molecule has 2 rings (SSSR count). The van der Waals surface area contributed by atoms with Gasteiger partial charge in [-0.15, -0.1) is 11.8 Å². The molecule has 0 N–H and O–H groups in total. The first kappa shape index (κ1) is 27.0. The van der Waals surface area contributed by atoms with Crippen molar-refractivity contribution in [2.45, 2.75) is 71.1 Å². The highest BCUT2D eigenvalue weighted by molar-refractivity contribution is 5.78. The smallest absolute Gasteiger partial charge is 0.134 e. The van der Waals surface area contributed by atoms with Crippen LogP contribution in [0.4, 0.5) is 0 Å². The number of hydrogen-bond donors (Lipinski definition) is 0. The van der Waals surface area contributed by atoms with Crippen LogP contribution in [0.25, 0.3) is 0 Å². The molecule has 0 saturated heterocycles. The molecular weight excluding hydrogens is 408 g/mol. The van der Waals surface area contributed by atoms with Crippen LogP contribution in [0.1, 0.15) is 71.1 Å². The summed E-state index contributed by atoms with van der Waals surface area (Å²) in [6.07, 6.45) is 8.79. The van der Waals surface area contributed by atoms with Crippen LogP contribution in [0.2, 0.25) is 0 Å². The predicted molar refractivity (Wildman–Crippen MR) is 123 cm³/mol. The molecule has 0 aromatic carbocycles. The fourth-order valence-corrected chi connectivity index (χ4v) is 4.41. The Labute approximate surface area is 194 Å². The fraction of sp³-hybridized carbons (Fsp3) is 0.846. The lowest BCUT2D eigenvalue weighted by Crippen LogP contribution is -2.13. The van der Waals surface area contributed by atoms with Crippen LogP contribution in [0, 0.1) is 29.6 Å². The summed E-state index contributed by atoms with van der Waals surface area (Å²) in [5.41, 5.74) is 0. The molecule has 0 aromatic rings. The van der Waals surface area contributed by atoms with Gasteiger partial charge in [0, 0.05) is 45.1 Å². The van der Waals surface area contributed by atoms with Crippen LogP contribution in [0.15, 0.2) is 0 Å². The number of fused-ring (bicyclic) bond motifs is 1. The molecular formula is C26H42O6. The number of ketones is 2. The maximum absolute atomic E-state index is 12.1. The average molecular weight is 451 g/mol. The molecule has 0 bridgehead atoms. The first-order chi connectivity index (χ1) is 15.7. The van der Waals surface area contributed by atoms with E-state index in [1.165, 1.54) is 12.8 Å². The second-order valence-electron chi connectivity index (χ2n) is 8.70. The number of hydrogen-bond acceptors (Lipinski definition) is 6. The van der Waals surface area contributed by atoms with Crippen LogP contribution in [0.5, 0.6) is 0 Å². The van der Waals surface area contributed by atoms with E-state index >= 15 is 0 Å². The van der Waals surface area contributed by atoms with Gasteiger partial charge in [-0.1, -0.05) is 6.92 Å². The van der Waals surface area contributed by atoms with Crippen LogP contribution in [-0.4, -0.2) is 64.4 Å². The third kappa shape index (κ3) is 12.1. The Hall–Kier alpha value is -1.26. The zero-order valence-corrected chi connectivity index (χ0v) is 19.9. The maximum atomic E-state index is 12.1. The van der Waals surface area contributed by atoms with E-state index < -0.39 is 0 Å². The minimum absolute atomic E-state index is 0.223. The number of ether oxygens (including phenoxy) is 4. The molecule has 2 aliphatic rings. The molecule has 1 saturated carbocycles. The predicted octanol–water partition coefficient (Wildman–Crippen LogP) is 3.99. The van der Waals surface area contributed by atoms with E-state index in [9.17, 15) is 9.59 Å². The highest BCUT2D eigenvalue weighted by Gasteiger charge is 2.47. The van der Waals surface area contributed by atoms with E-state index in [0.29, 0.717) is 77.9 Å². The topological polar surface area (TPSA) is 71.1 Å². The maximum Gasteiger partial charge on any atom is 0.134 e. The average Bonchev–Trinajstić information content (AvgIpc) is 3.43. The van der Waals surface area contributed by atoms with Crippen LogP contribution >= 0.6 is 0 Å². The molecule has 1 unspecified atom stereocenters. The standard InChI is InChI=1S/C26H42O6/c1-2-22(27)13-15-30-17-19-32-21-20-31-18-16-29-14-7-8-23(28)11-12-26-24-9-5-3-4-6-10-25(24)26/h24-26H,2,5-21H2,1H3/t24-,25+,26?. The van der Waals surface area contributed by atoms with Crippen molar-refractivity contribution in [1.29, 1.82) is 0 Å². The summed E-state index contributed by atoms with van der Waals surface area (Å²) in [4.78, 5) is 23.2. The van der Waals surface area contributed by atoms with Gasteiger partial charge >= 0.3 is 0 Å². The van der Waals surface area contributed by atoms with E-state index in [1.807, 2.05) is 6.92 Å². The lowest BCUT2D eigenvalue weighted by atomic mass is 10.1. The van der Waals surface area contributed by atoms with Gasteiger partial charge in [-0.25, -0.2) is 0 Å². The summed E-state index contributed by atoms with van der Waals surface area (Å²) in [5, 5.41) is 0. The molecule has 6 heteroatoms. The lowest BCUT2D eigenvalue weighted by molar-refractivity contribution is -0.120. The molecule has 0 heterocycles. The van der Waals surface area contributed by atoms with Gasteiger partial charge in [0.1, 0.15) is 11.6 Å². The van der Waals surface area contributed by atoms with Crippen LogP contribution in [0.3, 0.4) is 0 Å². The number of rotatable bonds is 20. The normalized spacial score (nSPS) is 21.7. The zero-order chi connectivity index (χ0) is 22.9. The summed E-state index contributed by atoms with van der Waals surface area (Å²) in [6, 6.07) is 0. The first-order valence-corrected chi connectivity index (χ1v) is 12.5. The summed E-state index contributed by atoms with van der Waals surface area (Å²) in [7, 11) is 0. The molecule has 182 valence electrons. The van der Waals surface area contributed by atoms with Gasteiger partial charge in [-0.2, -0.15) is 0 Å². The van der Waals surface area contributed by atoms with Gasteiger partial charge in [0.25, 0.3) is 0 Å². The van der Waals surface area contributed by atoms with E-state index in [1.54, 1.807) is 0 Å². The van der Waals surface area contributed by atoms with Crippen molar-refractivity contribution in [2.75, 3.05) is 52.9 Å². The van der Waals surface area contributed by atoms with Gasteiger partial charge in [-0.05, 0) is 43.4 Å². The van der Waals surface area contributed by atoms with Gasteiger partial charge in [0.05, 0.1) is 46.2 Å². The quantitative estimate of drug-likeness (QED) is 0.206. The largest absolute Gasteiger partial charge is 0.379 e. The molecule has 6 nitrogen and oxygen atoms in total. The molecule has 0 spiro atoms. The Morgan fingerprint density at radius 3 is 1.78 bits per heavy atom. The molecule has 0 radical (unpaired) electrons. The Bertz CT molecular complexity index is 575. The Kier molecular flexibility index (Phi) is 14.5. The van der Waals surface area contributed by atoms with Crippen molar-refractivity contribution >= 4 is 11.6 Å². The van der Waals surface area contributed by atoms with Gasteiger partial charge in [-0.3, -0.25) is 9.59 Å². The van der Waals surface area contributed by atoms with Crippen molar-refractivity contribution in [3.05, 3.63) is 0 Å². The molecule has 0 amide bonds. The van der Waals surface area contributed by atoms with Gasteiger partial charge < -0.3 is 18.9 Å². The highest BCUT2D eigenvalue weighted by Crippen LogP contribution is 2.54. The van der Waals surface area contributed by atoms with E-state index in [4.69, 9.17) is 18.9 Å². The second-order valence-corrected chi connectivity index (χ2v) is 8.70. The Morgan fingerprint density at radius 1 is 0.688 bits per heavy atom. The molecule has 3 atom stereocenters. The summed E-state index contributed by atoms with van der Waals surface area (Å²) >= 11 is 0. The van der Waals surface area contributed by atoms with Crippen molar-refractivity contribution in [3.63, 3.8) is 0 Å². The SMILES string of the molecule is CCC(=O)CCOCCOCCOCCOCCCC(=O)CCC1[C@H]2CCC#CCC[C@@H]12. The molecule has 2 aliphatic carbocycles. The third-order valence-corrected chi connectivity index (χ3v) is 6.38. The molecule has 32 heavy (non-hydrogen) atoms. The number of carbonyl (C=O) groups excluding carboxylic acids is 2.